The minimum Gasteiger partial charge on any atom is -0.335 e. The van der Waals surface area contributed by atoms with E-state index in [9.17, 15) is 13.6 Å². The lowest BCUT2D eigenvalue weighted by molar-refractivity contribution is -0.138. The third-order valence-electron chi connectivity index (χ3n) is 2.48. The van der Waals surface area contributed by atoms with Crippen molar-refractivity contribution in [1.29, 1.82) is 0 Å². The van der Waals surface area contributed by atoms with Gasteiger partial charge in [0.1, 0.15) is 0 Å². The summed E-state index contributed by atoms with van der Waals surface area (Å²) in [5.41, 5.74) is 0. The van der Waals surface area contributed by atoms with E-state index in [1.165, 1.54) is 4.90 Å². The zero-order valence-electron chi connectivity index (χ0n) is 9.46. The van der Waals surface area contributed by atoms with Crippen molar-refractivity contribution >= 4 is 5.91 Å². The van der Waals surface area contributed by atoms with E-state index < -0.39 is 12.5 Å². The Bertz CT molecular complexity index is 244. The summed E-state index contributed by atoms with van der Waals surface area (Å²) in [5, 5.41) is 0. The van der Waals surface area contributed by atoms with E-state index in [2.05, 4.69) is 0 Å². The van der Waals surface area contributed by atoms with Gasteiger partial charge >= 0.3 is 0 Å². The topological polar surface area (TPSA) is 23.6 Å². The molecule has 1 amide bonds. The quantitative estimate of drug-likeness (QED) is 0.659. The van der Waals surface area contributed by atoms with Crippen molar-refractivity contribution in [2.75, 3.05) is 33.2 Å². The SMILES string of the molecule is CC(C)C(=O)N1CCN(C)CC(F)(F)C1. The van der Waals surface area contributed by atoms with Crippen molar-refractivity contribution in [3.63, 3.8) is 0 Å². The third-order valence-corrected chi connectivity index (χ3v) is 2.48. The van der Waals surface area contributed by atoms with E-state index in [0.29, 0.717) is 13.1 Å². The van der Waals surface area contributed by atoms with Crippen LogP contribution in [0.4, 0.5) is 8.78 Å². The maximum absolute atomic E-state index is 13.4. The monoisotopic (exact) mass is 220 g/mol. The van der Waals surface area contributed by atoms with Crippen molar-refractivity contribution in [3.8, 4) is 0 Å². The van der Waals surface area contributed by atoms with Crippen LogP contribution >= 0.6 is 0 Å². The second-order valence-electron chi connectivity index (χ2n) is 4.51. The van der Waals surface area contributed by atoms with Crippen LogP contribution in [0.25, 0.3) is 0 Å². The van der Waals surface area contributed by atoms with Gasteiger partial charge in [0.25, 0.3) is 5.92 Å². The van der Waals surface area contributed by atoms with Crippen LogP contribution in [0.5, 0.6) is 0 Å². The summed E-state index contributed by atoms with van der Waals surface area (Å²) in [5.74, 6) is -3.20. The first kappa shape index (κ1) is 12.4. The Balaban J connectivity index is 2.71. The van der Waals surface area contributed by atoms with Crippen LogP contribution in [-0.2, 0) is 4.79 Å². The number of amides is 1. The Labute approximate surface area is 89.0 Å². The van der Waals surface area contributed by atoms with Crippen LogP contribution in [-0.4, -0.2) is 54.9 Å². The van der Waals surface area contributed by atoms with E-state index in [1.54, 1.807) is 25.8 Å². The summed E-state index contributed by atoms with van der Waals surface area (Å²) in [6.07, 6.45) is 0. The molecule has 15 heavy (non-hydrogen) atoms. The number of hydrogen-bond donors (Lipinski definition) is 0. The van der Waals surface area contributed by atoms with E-state index in [1.807, 2.05) is 0 Å². The van der Waals surface area contributed by atoms with Crippen LogP contribution in [0, 0.1) is 5.92 Å². The molecule has 0 aliphatic carbocycles. The van der Waals surface area contributed by atoms with Gasteiger partial charge in [0.2, 0.25) is 5.91 Å². The summed E-state index contributed by atoms with van der Waals surface area (Å²) in [6.45, 7) is 3.64. The fraction of sp³-hybridized carbons (Fsp3) is 0.900. The van der Waals surface area contributed by atoms with Gasteiger partial charge in [-0.25, -0.2) is 8.78 Å². The average Bonchev–Trinajstić information content (AvgIpc) is 2.21. The molecule has 0 N–H and O–H groups in total. The summed E-state index contributed by atoms with van der Waals surface area (Å²) < 4.78 is 26.7. The molecular weight excluding hydrogens is 202 g/mol. The maximum atomic E-state index is 13.4. The summed E-state index contributed by atoms with van der Waals surface area (Å²) in [7, 11) is 1.65. The highest BCUT2D eigenvalue weighted by Gasteiger charge is 2.37. The molecule has 0 aromatic rings. The number of nitrogens with zero attached hydrogens (tertiary/aromatic N) is 2. The second kappa shape index (κ2) is 4.43. The number of halogens is 2. The lowest BCUT2D eigenvalue weighted by atomic mass is 10.2. The molecule has 0 aromatic carbocycles. The van der Waals surface area contributed by atoms with Crippen LogP contribution in [0.2, 0.25) is 0 Å². The molecule has 0 spiro atoms. The average molecular weight is 220 g/mol. The molecule has 0 radical (unpaired) electrons. The lowest BCUT2D eigenvalue weighted by Gasteiger charge is -2.25. The molecule has 1 aliphatic heterocycles. The van der Waals surface area contributed by atoms with Crippen molar-refractivity contribution in [1.82, 2.24) is 9.80 Å². The van der Waals surface area contributed by atoms with Crippen molar-refractivity contribution < 1.29 is 13.6 Å². The zero-order valence-corrected chi connectivity index (χ0v) is 9.46. The van der Waals surface area contributed by atoms with Gasteiger partial charge in [0.05, 0.1) is 13.1 Å². The molecule has 5 heteroatoms. The Morgan fingerprint density at radius 2 is 1.87 bits per heavy atom. The fourth-order valence-electron chi connectivity index (χ4n) is 1.73. The van der Waals surface area contributed by atoms with Gasteiger partial charge in [-0.3, -0.25) is 9.69 Å². The molecule has 0 aromatic heterocycles. The van der Waals surface area contributed by atoms with E-state index >= 15 is 0 Å². The number of hydrogen-bond acceptors (Lipinski definition) is 2. The lowest BCUT2D eigenvalue weighted by Crippen LogP contribution is -2.43. The summed E-state index contributed by atoms with van der Waals surface area (Å²) in [6, 6.07) is 0. The van der Waals surface area contributed by atoms with Gasteiger partial charge in [-0.05, 0) is 7.05 Å². The third kappa shape index (κ3) is 3.41. The van der Waals surface area contributed by atoms with Crippen molar-refractivity contribution in [2.24, 2.45) is 5.92 Å². The molecule has 1 heterocycles. The van der Waals surface area contributed by atoms with Crippen LogP contribution in [0.3, 0.4) is 0 Å². The molecule has 1 rings (SSSR count). The van der Waals surface area contributed by atoms with E-state index in [-0.39, 0.29) is 18.4 Å². The van der Waals surface area contributed by atoms with Crippen molar-refractivity contribution in [3.05, 3.63) is 0 Å². The van der Waals surface area contributed by atoms with Crippen LogP contribution in [0.1, 0.15) is 13.8 Å². The number of carbonyl (C=O) groups is 1. The van der Waals surface area contributed by atoms with Gasteiger partial charge < -0.3 is 4.90 Å². The molecular formula is C10H18F2N2O. The van der Waals surface area contributed by atoms with Crippen LogP contribution < -0.4 is 0 Å². The molecule has 0 unspecified atom stereocenters. The Morgan fingerprint density at radius 3 is 2.40 bits per heavy atom. The van der Waals surface area contributed by atoms with Crippen LogP contribution in [0.15, 0.2) is 0 Å². The zero-order chi connectivity index (χ0) is 11.6. The minimum absolute atomic E-state index is 0.190. The summed E-state index contributed by atoms with van der Waals surface area (Å²) in [4.78, 5) is 14.5. The van der Waals surface area contributed by atoms with Gasteiger partial charge in [-0.15, -0.1) is 0 Å². The first-order chi connectivity index (χ1) is 6.82. The number of likely N-dealkylation sites (N-methyl/N-ethyl adjacent to an activating group) is 1. The molecule has 3 nitrogen and oxygen atoms in total. The highest BCUT2D eigenvalue weighted by molar-refractivity contribution is 5.78. The molecule has 0 atom stereocenters. The second-order valence-corrected chi connectivity index (χ2v) is 4.51. The van der Waals surface area contributed by atoms with E-state index in [4.69, 9.17) is 0 Å². The molecule has 0 bridgehead atoms. The minimum atomic E-state index is -2.80. The highest BCUT2D eigenvalue weighted by Crippen LogP contribution is 2.20. The first-order valence-corrected chi connectivity index (χ1v) is 5.17. The van der Waals surface area contributed by atoms with Gasteiger partial charge in [0, 0.05) is 19.0 Å². The Kier molecular flexibility index (Phi) is 3.65. The fourth-order valence-corrected chi connectivity index (χ4v) is 1.73. The standard InChI is InChI=1S/C10H18F2N2O/c1-8(2)9(15)14-5-4-13(3)6-10(11,12)7-14/h8H,4-7H2,1-3H3. The first-order valence-electron chi connectivity index (χ1n) is 5.17. The Hall–Kier alpha value is -0.710. The highest BCUT2D eigenvalue weighted by atomic mass is 19.3. The largest absolute Gasteiger partial charge is 0.335 e. The molecule has 88 valence electrons. The predicted molar refractivity (Wildman–Crippen MR) is 53.9 cm³/mol. The molecule has 1 fully saturated rings. The predicted octanol–water partition coefficient (Wildman–Crippen LogP) is 1.05. The molecule has 1 saturated heterocycles. The normalized spacial score (nSPS) is 22.9. The molecule has 1 aliphatic rings. The Morgan fingerprint density at radius 1 is 1.27 bits per heavy atom. The maximum Gasteiger partial charge on any atom is 0.277 e. The van der Waals surface area contributed by atoms with Gasteiger partial charge in [0.15, 0.2) is 0 Å². The molecule has 0 saturated carbocycles. The van der Waals surface area contributed by atoms with Crippen molar-refractivity contribution in [2.45, 2.75) is 19.8 Å². The number of alkyl halides is 2. The van der Waals surface area contributed by atoms with E-state index in [0.717, 1.165) is 0 Å². The number of carbonyl (C=O) groups excluding carboxylic acids is 1. The number of rotatable bonds is 1. The van der Waals surface area contributed by atoms with Gasteiger partial charge in [-0.1, -0.05) is 13.8 Å². The smallest absolute Gasteiger partial charge is 0.277 e. The van der Waals surface area contributed by atoms with Gasteiger partial charge in [-0.2, -0.15) is 0 Å². The summed E-state index contributed by atoms with van der Waals surface area (Å²) >= 11 is 0.